The van der Waals surface area contributed by atoms with Crippen LogP contribution in [0.15, 0.2) is 24.4 Å². The Labute approximate surface area is 116 Å². The topological polar surface area (TPSA) is 72.8 Å². The second-order valence-electron chi connectivity index (χ2n) is 4.87. The van der Waals surface area contributed by atoms with Crippen molar-refractivity contribution in [2.75, 3.05) is 11.9 Å². The van der Waals surface area contributed by atoms with Gasteiger partial charge in [-0.1, -0.05) is 6.07 Å². The molecule has 2 heterocycles. The van der Waals surface area contributed by atoms with Crippen molar-refractivity contribution in [3.05, 3.63) is 35.8 Å². The van der Waals surface area contributed by atoms with E-state index in [1.165, 1.54) is 5.56 Å². The predicted octanol–water partition coefficient (Wildman–Crippen LogP) is 2.05. The van der Waals surface area contributed by atoms with Crippen molar-refractivity contribution in [2.45, 2.75) is 19.3 Å². The quantitative estimate of drug-likeness (QED) is 0.904. The highest BCUT2D eigenvalue weighted by Crippen LogP contribution is 2.30. The summed E-state index contributed by atoms with van der Waals surface area (Å²) in [6, 6.07) is 8.09. The molecule has 1 N–H and O–H groups in total. The first-order valence-electron chi connectivity index (χ1n) is 6.49. The summed E-state index contributed by atoms with van der Waals surface area (Å²) >= 11 is 0. The minimum Gasteiger partial charge on any atom is -0.341 e. The minimum absolute atomic E-state index is 0.156. The van der Waals surface area contributed by atoms with E-state index in [-0.39, 0.29) is 12.3 Å². The van der Waals surface area contributed by atoms with Crippen LogP contribution < -0.4 is 4.90 Å². The summed E-state index contributed by atoms with van der Waals surface area (Å²) in [6.07, 6.45) is 3.34. The highest BCUT2D eigenvalue weighted by atomic mass is 16.2. The molecule has 0 unspecified atom stereocenters. The highest BCUT2D eigenvalue weighted by Gasteiger charge is 2.21. The third-order valence-corrected chi connectivity index (χ3v) is 3.61. The SMILES string of the molecule is CN1C(=O)CCc2cc(-c3cnc(CC#N)[nH]3)ccc21. The van der Waals surface area contributed by atoms with Gasteiger partial charge in [-0.3, -0.25) is 4.79 Å². The molecule has 0 saturated carbocycles. The van der Waals surface area contributed by atoms with Gasteiger partial charge in [-0.05, 0) is 29.7 Å². The Morgan fingerprint density at radius 1 is 1.45 bits per heavy atom. The predicted molar refractivity (Wildman–Crippen MR) is 75.1 cm³/mol. The number of aryl methyl sites for hydroxylation is 1. The summed E-state index contributed by atoms with van der Waals surface area (Å²) in [5, 5.41) is 8.66. The average molecular weight is 266 g/mol. The standard InChI is InChI=1S/C15H14N4O/c1-19-13-4-2-10(8-11(13)3-5-15(19)20)12-9-17-14(18-12)6-7-16/h2,4,8-9H,3,5-6H2,1H3,(H,17,18). The normalized spacial score (nSPS) is 14.0. The molecule has 5 heteroatoms. The summed E-state index contributed by atoms with van der Waals surface area (Å²) in [4.78, 5) is 20.7. The number of imidazole rings is 1. The van der Waals surface area contributed by atoms with Crippen molar-refractivity contribution in [1.29, 1.82) is 5.26 Å². The maximum absolute atomic E-state index is 11.7. The number of H-pyrrole nitrogens is 1. The highest BCUT2D eigenvalue weighted by molar-refractivity contribution is 5.96. The molecule has 20 heavy (non-hydrogen) atoms. The maximum atomic E-state index is 11.7. The summed E-state index contributed by atoms with van der Waals surface area (Å²) in [5.41, 5.74) is 4.07. The van der Waals surface area contributed by atoms with Crippen LogP contribution in [0.5, 0.6) is 0 Å². The summed E-state index contributed by atoms with van der Waals surface area (Å²) in [6.45, 7) is 0. The number of aromatic nitrogens is 2. The van der Waals surface area contributed by atoms with E-state index in [0.717, 1.165) is 23.4 Å². The zero-order chi connectivity index (χ0) is 14.1. The third-order valence-electron chi connectivity index (χ3n) is 3.61. The Kier molecular flexibility index (Phi) is 2.99. The number of hydrogen-bond donors (Lipinski definition) is 1. The van der Waals surface area contributed by atoms with Gasteiger partial charge in [0, 0.05) is 19.2 Å². The van der Waals surface area contributed by atoms with Crippen LogP contribution in [0.25, 0.3) is 11.3 Å². The Morgan fingerprint density at radius 2 is 2.30 bits per heavy atom. The first-order valence-corrected chi connectivity index (χ1v) is 6.49. The summed E-state index contributed by atoms with van der Waals surface area (Å²) < 4.78 is 0. The third kappa shape index (κ3) is 2.05. The number of carbonyl (C=O) groups excluding carboxylic acids is 1. The van der Waals surface area contributed by atoms with Crippen molar-refractivity contribution >= 4 is 11.6 Å². The lowest BCUT2D eigenvalue weighted by atomic mass is 9.98. The molecule has 0 fully saturated rings. The van der Waals surface area contributed by atoms with Crippen LogP contribution in [0.4, 0.5) is 5.69 Å². The van der Waals surface area contributed by atoms with Gasteiger partial charge in [-0.25, -0.2) is 4.98 Å². The van der Waals surface area contributed by atoms with Crippen LogP contribution in [0, 0.1) is 11.3 Å². The van der Waals surface area contributed by atoms with E-state index >= 15 is 0 Å². The molecule has 1 aromatic carbocycles. The van der Waals surface area contributed by atoms with E-state index < -0.39 is 0 Å². The van der Waals surface area contributed by atoms with Crippen LogP contribution in [0.1, 0.15) is 17.8 Å². The minimum atomic E-state index is 0.156. The zero-order valence-corrected chi connectivity index (χ0v) is 11.2. The van der Waals surface area contributed by atoms with Gasteiger partial charge in [0.15, 0.2) is 0 Å². The van der Waals surface area contributed by atoms with E-state index in [1.807, 2.05) is 12.1 Å². The van der Waals surface area contributed by atoms with Crippen molar-refractivity contribution in [3.63, 3.8) is 0 Å². The Bertz CT molecular complexity index is 711. The number of nitrogens with one attached hydrogen (secondary N) is 1. The number of rotatable bonds is 2. The number of anilines is 1. The fraction of sp³-hybridized carbons (Fsp3) is 0.267. The lowest BCUT2D eigenvalue weighted by Crippen LogP contribution is -2.30. The van der Waals surface area contributed by atoms with E-state index in [9.17, 15) is 4.79 Å². The van der Waals surface area contributed by atoms with Crippen molar-refractivity contribution in [2.24, 2.45) is 0 Å². The molecule has 0 radical (unpaired) electrons. The van der Waals surface area contributed by atoms with Crippen LogP contribution in [-0.4, -0.2) is 22.9 Å². The van der Waals surface area contributed by atoms with Gasteiger partial charge in [-0.15, -0.1) is 0 Å². The molecule has 100 valence electrons. The fourth-order valence-electron chi connectivity index (χ4n) is 2.50. The van der Waals surface area contributed by atoms with Gasteiger partial charge in [-0.2, -0.15) is 5.26 Å². The van der Waals surface area contributed by atoms with Crippen LogP contribution >= 0.6 is 0 Å². The zero-order valence-electron chi connectivity index (χ0n) is 11.2. The molecule has 3 rings (SSSR count). The Hall–Kier alpha value is -2.61. The second-order valence-corrected chi connectivity index (χ2v) is 4.87. The molecule has 1 aliphatic rings. The van der Waals surface area contributed by atoms with Gasteiger partial charge in [0.2, 0.25) is 5.91 Å². The molecule has 5 nitrogen and oxygen atoms in total. The van der Waals surface area contributed by atoms with Crippen LogP contribution in [0.2, 0.25) is 0 Å². The number of nitrogens with zero attached hydrogens (tertiary/aromatic N) is 3. The molecule has 0 spiro atoms. The molecule has 2 aromatic rings. The lowest BCUT2D eigenvalue weighted by Gasteiger charge is -2.26. The number of amides is 1. The van der Waals surface area contributed by atoms with Gasteiger partial charge in [0.1, 0.15) is 5.82 Å². The van der Waals surface area contributed by atoms with E-state index in [1.54, 1.807) is 18.1 Å². The van der Waals surface area contributed by atoms with Gasteiger partial charge >= 0.3 is 0 Å². The van der Waals surface area contributed by atoms with Crippen LogP contribution in [-0.2, 0) is 17.6 Å². The van der Waals surface area contributed by atoms with E-state index in [4.69, 9.17) is 5.26 Å². The molecule has 0 saturated heterocycles. The largest absolute Gasteiger partial charge is 0.341 e. The van der Waals surface area contributed by atoms with Crippen LogP contribution in [0.3, 0.4) is 0 Å². The molecule has 0 aliphatic carbocycles. The monoisotopic (exact) mass is 266 g/mol. The second kappa shape index (κ2) is 4.82. The Balaban J connectivity index is 1.96. The average Bonchev–Trinajstić information content (AvgIpc) is 2.92. The maximum Gasteiger partial charge on any atom is 0.227 e. The molecular weight excluding hydrogens is 252 g/mol. The first-order chi connectivity index (χ1) is 9.69. The molecule has 0 bridgehead atoms. The number of carbonyl (C=O) groups is 1. The molecule has 1 amide bonds. The van der Waals surface area contributed by atoms with E-state index in [2.05, 4.69) is 22.1 Å². The number of benzene rings is 1. The molecule has 1 aromatic heterocycles. The van der Waals surface area contributed by atoms with Gasteiger partial charge in [0.25, 0.3) is 0 Å². The number of aromatic amines is 1. The Morgan fingerprint density at radius 3 is 3.10 bits per heavy atom. The van der Waals surface area contributed by atoms with Crippen molar-refractivity contribution in [3.8, 4) is 17.3 Å². The number of fused-ring (bicyclic) bond motifs is 1. The van der Waals surface area contributed by atoms with Crippen molar-refractivity contribution < 1.29 is 4.79 Å². The number of hydrogen-bond acceptors (Lipinski definition) is 3. The van der Waals surface area contributed by atoms with E-state index in [0.29, 0.717) is 12.2 Å². The van der Waals surface area contributed by atoms with Gasteiger partial charge in [0.05, 0.1) is 24.4 Å². The number of nitriles is 1. The molecule has 0 atom stereocenters. The first kappa shape index (κ1) is 12.4. The smallest absolute Gasteiger partial charge is 0.227 e. The summed E-state index contributed by atoms with van der Waals surface area (Å²) in [5.74, 6) is 0.829. The fourth-order valence-corrected chi connectivity index (χ4v) is 2.50. The lowest BCUT2D eigenvalue weighted by molar-refractivity contribution is -0.118. The molecule has 1 aliphatic heterocycles. The molecular formula is C15H14N4O. The summed E-state index contributed by atoms with van der Waals surface area (Å²) in [7, 11) is 1.81. The van der Waals surface area contributed by atoms with Crippen molar-refractivity contribution in [1.82, 2.24) is 9.97 Å². The van der Waals surface area contributed by atoms with Gasteiger partial charge < -0.3 is 9.88 Å².